The van der Waals surface area contributed by atoms with Gasteiger partial charge in [-0.25, -0.2) is 0 Å². The SMILES string of the molecule is CC(C)N1c2ccccc2N(C(C)C)C1C(B1OC(C)(C)C(C)(C)O1)=C1N(C)c2ccccc2N1C. The standard InChI is InChI=1S/C29H41BN4O2/c1-19(2)33-23-17-13-14-18-24(23)34(20(3)4)27(33)25(30-35-28(5,6)29(7,8)36-30)26-31(9)21-15-11-12-16-22(21)32(26)10/h11-20,27H,1-10H3. The van der Waals surface area contributed by atoms with Crippen molar-refractivity contribution in [2.24, 2.45) is 0 Å². The van der Waals surface area contributed by atoms with Crippen LogP contribution in [0.15, 0.2) is 59.8 Å². The van der Waals surface area contributed by atoms with Gasteiger partial charge in [0.1, 0.15) is 12.0 Å². The fourth-order valence-electron chi connectivity index (χ4n) is 5.90. The highest BCUT2D eigenvalue weighted by Gasteiger charge is 2.58. The Kier molecular flexibility index (Phi) is 5.88. The zero-order chi connectivity index (χ0) is 26.2. The van der Waals surface area contributed by atoms with Crippen LogP contribution < -0.4 is 19.6 Å². The summed E-state index contributed by atoms with van der Waals surface area (Å²) in [6.07, 6.45) is -0.0636. The quantitative estimate of drug-likeness (QED) is 0.500. The minimum absolute atomic E-state index is 0.0636. The Hall–Kier alpha value is -2.64. The Labute approximate surface area is 217 Å². The number of fused-ring (bicyclic) bond motifs is 2. The van der Waals surface area contributed by atoms with Crippen molar-refractivity contribution in [1.29, 1.82) is 0 Å². The molecule has 2 aromatic carbocycles. The average molecular weight is 488 g/mol. The van der Waals surface area contributed by atoms with E-state index >= 15 is 0 Å². The van der Waals surface area contributed by atoms with Gasteiger partial charge in [0.2, 0.25) is 0 Å². The lowest BCUT2D eigenvalue weighted by atomic mass is 9.74. The summed E-state index contributed by atoms with van der Waals surface area (Å²) in [5, 5.41) is 0. The third-order valence-corrected chi connectivity index (χ3v) is 8.36. The van der Waals surface area contributed by atoms with Crippen molar-refractivity contribution in [2.75, 3.05) is 33.7 Å². The van der Waals surface area contributed by atoms with Gasteiger partial charge in [0, 0.05) is 31.7 Å². The summed E-state index contributed by atoms with van der Waals surface area (Å²) in [4.78, 5) is 9.67. The van der Waals surface area contributed by atoms with Crippen LogP contribution in [0.25, 0.3) is 0 Å². The monoisotopic (exact) mass is 488 g/mol. The summed E-state index contributed by atoms with van der Waals surface area (Å²) < 4.78 is 13.6. The summed E-state index contributed by atoms with van der Waals surface area (Å²) in [5.74, 6) is 1.11. The van der Waals surface area contributed by atoms with Gasteiger partial charge in [-0.1, -0.05) is 24.3 Å². The molecule has 0 aliphatic carbocycles. The zero-order valence-electron chi connectivity index (χ0n) is 23.5. The fraction of sp³-hybridized carbons (Fsp3) is 0.517. The lowest BCUT2D eigenvalue weighted by Crippen LogP contribution is -2.55. The number of benzene rings is 2. The molecule has 3 aliphatic heterocycles. The second-order valence-corrected chi connectivity index (χ2v) is 11.8. The molecule has 0 unspecified atom stereocenters. The van der Waals surface area contributed by atoms with Crippen LogP contribution in [-0.2, 0) is 9.31 Å². The Bertz CT molecular complexity index is 1110. The molecule has 7 heteroatoms. The summed E-state index contributed by atoms with van der Waals surface area (Å²) >= 11 is 0. The third kappa shape index (κ3) is 3.54. The average Bonchev–Trinajstić information content (AvgIpc) is 3.35. The number of anilines is 4. The summed E-state index contributed by atoms with van der Waals surface area (Å²) in [6, 6.07) is 17.9. The smallest absolute Gasteiger partial charge is 0.399 e. The molecule has 192 valence electrons. The van der Waals surface area contributed by atoms with Gasteiger partial charge in [0.05, 0.1) is 34.0 Å². The molecule has 2 aromatic rings. The number of hydrogen-bond acceptors (Lipinski definition) is 6. The van der Waals surface area contributed by atoms with E-state index in [-0.39, 0.29) is 18.2 Å². The maximum Gasteiger partial charge on any atom is 0.498 e. The largest absolute Gasteiger partial charge is 0.498 e. The Morgan fingerprint density at radius 2 is 1.06 bits per heavy atom. The van der Waals surface area contributed by atoms with Crippen molar-refractivity contribution in [2.45, 2.75) is 84.8 Å². The first-order chi connectivity index (χ1) is 16.9. The van der Waals surface area contributed by atoms with Crippen molar-refractivity contribution in [3.63, 3.8) is 0 Å². The molecular formula is C29H41BN4O2. The predicted octanol–water partition coefficient (Wildman–Crippen LogP) is 5.89. The molecular weight excluding hydrogens is 447 g/mol. The van der Waals surface area contributed by atoms with Crippen LogP contribution in [0.5, 0.6) is 0 Å². The molecule has 36 heavy (non-hydrogen) atoms. The van der Waals surface area contributed by atoms with E-state index < -0.39 is 18.3 Å². The van der Waals surface area contributed by atoms with Gasteiger partial charge in [-0.15, -0.1) is 0 Å². The van der Waals surface area contributed by atoms with Crippen LogP contribution in [0, 0.1) is 0 Å². The van der Waals surface area contributed by atoms with Crippen LogP contribution >= 0.6 is 0 Å². The van der Waals surface area contributed by atoms with Crippen LogP contribution in [0.2, 0.25) is 0 Å². The number of para-hydroxylation sites is 4. The van der Waals surface area contributed by atoms with Gasteiger partial charge < -0.3 is 28.9 Å². The van der Waals surface area contributed by atoms with E-state index in [1.807, 2.05) is 0 Å². The van der Waals surface area contributed by atoms with Crippen molar-refractivity contribution in [3.05, 3.63) is 59.8 Å². The van der Waals surface area contributed by atoms with E-state index in [4.69, 9.17) is 9.31 Å². The van der Waals surface area contributed by atoms with Crippen molar-refractivity contribution >= 4 is 29.9 Å². The summed E-state index contributed by atoms with van der Waals surface area (Å²) in [7, 11) is 3.82. The lowest BCUT2D eigenvalue weighted by molar-refractivity contribution is 0.00578. The molecule has 3 aliphatic rings. The van der Waals surface area contributed by atoms with Crippen LogP contribution in [0.4, 0.5) is 22.7 Å². The van der Waals surface area contributed by atoms with E-state index in [0.717, 1.165) is 11.3 Å². The maximum absolute atomic E-state index is 6.81. The molecule has 0 atom stereocenters. The molecule has 0 saturated carbocycles. The van der Waals surface area contributed by atoms with Crippen LogP contribution in [0.1, 0.15) is 55.4 Å². The molecule has 5 rings (SSSR count). The van der Waals surface area contributed by atoms with E-state index in [2.05, 4.69) is 138 Å². The lowest BCUT2D eigenvalue weighted by Gasteiger charge is -2.41. The third-order valence-electron chi connectivity index (χ3n) is 8.36. The van der Waals surface area contributed by atoms with Crippen molar-refractivity contribution in [1.82, 2.24) is 0 Å². The first-order valence-electron chi connectivity index (χ1n) is 13.2. The fourth-order valence-corrected chi connectivity index (χ4v) is 5.90. The minimum atomic E-state index is -0.494. The maximum atomic E-state index is 6.81. The Balaban J connectivity index is 1.78. The predicted molar refractivity (Wildman–Crippen MR) is 152 cm³/mol. The molecule has 0 bridgehead atoms. The van der Waals surface area contributed by atoms with E-state index in [0.29, 0.717) is 0 Å². The highest BCUT2D eigenvalue weighted by atomic mass is 16.7. The molecule has 0 amide bonds. The second-order valence-electron chi connectivity index (χ2n) is 11.8. The topological polar surface area (TPSA) is 31.4 Å². The first kappa shape index (κ1) is 25.0. The van der Waals surface area contributed by atoms with Gasteiger partial charge >= 0.3 is 7.12 Å². The molecule has 6 nitrogen and oxygen atoms in total. The molecule has 0 radical (unpaired) electrons. The summed E-state index contributed by atoms with van der Waals surface area (Å²) in [6.45, 7) is 17.6. The molecule has 3 heterocycles. The van der Waals surface area contributed by atoms with Crippen molar-refractivity contribution < 1.29 is 9.31 Å². The second kappa shape index (κ2) is 8.46. The van der Waals surface area contributed by atoms with E-state index in [9.17, 15) is 0 Å². The number of nitrogens with zero attached hydrogens (tertiary/aromatic N) is 4. The van der Waals surface area contributed by atoms with Gasteiger partial charge in [0.25, 0.3) is 0 Å². The van der Waals surface area contributed by atoms with Gasteiger partial charge in [-0.05, 0) is 79.7 Å². The first-order valence-corrected chi connectivity index (χ1v) is 13.2. The normalized spacial score (nSPS) is 20.8. The van der Waals surface area contributed by atoms with Crippen LogP contribution in [0.3, 0.4) is 0 Å². The van der Waals surface area contributed by atoms with Crippen molar-refractivity contribution in [3.8, 4) is 0 Å². The molecule has 1 saturated heterocycles. The molecule has 1 fully saturated rings. The Morgan fingerprint density at radius 1 is 0.694 bits per heavy atom. The minimum Gasteiger partial charge on any atom is -0.399 e. The molecule has 0 aromatic heterocycles. The van der Waals surface area contributed by atoms with Crippen LogP contribution in [-0.4, -0.2) is 50.7 Å². The van der Waals surface area contributed by atoms with E-state index in [1.54, 1.807) is 0 Å². The van der Waals surface area contributed by atoms with E-state index in [1.165, 1.54) is 22.7 Å². The van der Waals surface area contributed by atoms with Gasteiger partial charge in [0.15, 0.2) is 0 Å². The number of rotatable bonds is 4. The molecule has 0 spiro atoms. The summed E-state index contributed by atoms with van der Waals surface area (Å²) in [5.41, 5.74) is 5.13. The zero-order valence-corrected chi connectivity index (χ0v) is 23.5. The highest BCUT2D eigenvalue weighted by Crippen LogP contribution is 2.50. The number of hydrogen-bond donors (Lipinski definition) is 0. The van der Waals surface area contributed by atoms with Gasteiger partial charge in [-0.3, -0.25) is 0 Å². The highest BCUT2D eigenvalue weighted by molar-refractivity contribution is 6.55. The van der Waals surface area contributed by atoms with Gasteiger partial charge in [-0.2, -0.15) is 0 Å². The Morgan fingerprint density at radius 3 is 1.42 bits per heavy atom. The molecule has 0 N–H and O–H groups in total.